The van der Waals surface area contributed by atoms with Gasteiger partial charge < -0.3 is 11.1 Å². The largest absolute Gasteiger partial charge is 0.354 e. The summed E-state index contributed by atoms with van der Waals surface area (Å²) in [4.78, 5) is 11.5. The van der Waals surface area contributed by atoms with Crippen LogP contribution in [0.4, 0.5) is 0 Å². The molecule has 0 saturated heterocycles. The maximum Gasteiger partial charge on any atom is 0.222 e. The van der Waals surface area contributed by atoms with E-state index in [1.54, 1.807) is 0 Å². The minimum atomic E-state index is -0.223. The molecule has 1 unspecified atom stereocenters. The zero-order valence-electron chi connectivity index (χ0n) is 10.2. The van der Waals surface area contributed by atoms with Crippen molar-refractivity contribution in [2.24, 2.45) is 5.73 Å². The highest BCUT2D eigenvalue weighted by molar-refractivity contribution is 5.77. The Morgan fingerprint density at radius 3 is 2.69 bits per heavy atom. The van der Waals surface area contributed by atoms with Crippen molar-refractivity contribution < 1.29 is 4.79 Å². The molecular weight excluding hydrogens is 200 g/mol. The van der Waals surface area contributed by atoms with E-state index in [1.807, 2.05) is 45.0 Å². The molecule has 1 atom stereocenters. The van der Waals surface area contributed by atoms with Crippen LogP contribution in [0, 0.1) is 6.92 Å². The Morgan fingerprint density at radius 2 is 2.12 bits per heavy atom. The maximum atomic E-state index is 11.5. The van der Waals surface area contributed by atoms with E-state index in [1.165, 1.54) is 0 Å². The first-order valence-corrected chi connectivity index (χ1v) is 5.60. The summed E-state index contributed by atoms with van der Waals surface area (Å²) < 4.78 is 0. The Morgan fingerprint density at radius 1 is 1.44 bits per heavy atom. The fraction of sp³-hybridized carbons (Fsp3) is 0.462. The first kappa shape index (κ1) is 12.7. The predicted molar refractivity (Wildman–Crippen MR) is 66.0 cm³/mol. The van der Waals surface area contributed by atoms with Gasteiger partial charge in [0.15, 0.2) is 0 Å². The second-order valence-electron chi connectivity index (χ2n) is 4.45. The highest BCUT2D eigenvalue weighted by Crippen LogP contribution is 2.15. The van der Waals surface area contributed by atoms with Crippen LogP contribution in [0.5, 0.6) is 0 Å². The summed E-state index contributed by atoms with van der Waals surface area (Å²) in [7, 11) is 0. The number of amides is 1. The quantitative estimate of drug-likeness (QED) is 0.814. The van der Waals surface area contributed by atoms with Crippen molar-refractivity contribution in [3.05, 3.63) is 35.4 Å². The summed E-state index contributed by atoms with van der Waals surface area (Å²) in [6.45, 7) is 5.90. The van der Waals surface area contributed by atoms with Crippen LogP contribution >= 0.6 is 0 Å². The van der Waals surface area contributed by atoms with E-state index in [0.717, 1.165) is 11.1 Å². The smallest absolute Gasteiger partial charge is 0.222 e. The molecule has 3 N–H and O–H groups in total. The molecule has 0 heterocycles. The van der Waals surface area contributed by atoms with Gasteiger partial charge in [-0.2, -0.15) is 0 Å². The number of carbonyl (C=O) groups is 1. The van der Waals surface area contributed by atoms with Crippen molar-refractivity contribution in [3.63, 3.8) is 0 Å². The second-order valence-corrected chi connectivity index (χ2v) is 4.45. The molecule has 0 aliphatic heterocycles. The number of aryl methyl sites for hydroxylation is 1. The van der Waals surface area contributed by atoms with E-state index < -0.39 is 0 Å². The third-order valence-electron chi connectivity index (χ3n) is 2.33. The average molecular weight is 220 g/mol. The average Bonchev–Trinajstić information content (AvgIpc) is 2.16. The summed E-state index contributed by atoms with van der Waals surface area (Å²) in [5, 5.41) is 2.84. The molecule has 3 heteroatoms. The molecule has 16 heavy (non-hydrogen) atoms. The number of hydrogen-bond donors (Lipinski definition) is 2. The Labute approximate surface area is 97.0 Å². The molecule has 0 radical (unpaired) electrons. The summed E-state index contributed by atoms with van der Waals surface area (Å²) in [6, 6.07) is 7.90. The van der Waals surface area contributed by atoms with Gasteiger partial charge in [-0.15, -0.1) is 0 Å². The van der Waals surface area contributed by atoms with Gasteiger partial charge in [-0.25, -0.2) is 0 Å². The number of hydrogen-bond acceptors (Lipinski definition) is 2. The van der Waals surface area contributed by atoms with Gasteiger partial charge in [-0.05, 0) is 26.3 Å². The van der Waals surface area contributed by atoms with Crippen LogP contribution in [-0.4, -0.2) is 11.9 Å². The van der Waals surface area contributed by atoms with Crippen LogP contribution in [0.1, 0.15) is 37.4 Å². The SMILES string of the molecule is Cc1cccc(C(N)CC(=O)NC(C)C)c1. The first-order valence-electron chi connectivity index (χ1n) is 5.60. The molecule has 88 valence electrons. The minimum Gasteiger partial charge on any atom is -0.354 e. The molecule has 0 fully saturated rings. The molecule has 0 spiro atoms. The van der Waals surface area contributed by atoms with Gasteiger partial charge in [0.1, 0.15) is 0 Å². The fourth-order valence-electron chi connectivity index (χ4n) is 1.60. The van der Waals surface area contributed by atoms with Crippen LogP contribution in [-0.2, 0) is 4.79 Å². The Balaban J connectivity index is 2.58. The van der Waals surface area contributed by atoms with Crippen molar-refractivity contribution in [1.29, 1.82) is 0 Å². The van der Waals surface area contributed by atoms with E-state index in [0.29, 0.717) is 6.42 Å². The number of carbonyl (C=O) groups excluding carboxylic acids is 1. The standard InChI is InChI=1S/C13H20N2O/c1-9(2)15-13(16)8-12(14)11-6-4-5-10(3)7-11/h4-7,9,12H,8,14H2,1-3H3,(H,15,16). The van der Waals surface area contributed by atoms with Crippen molar-refractivity contribution in [2.75, 3.05) is 0 Å². The van der Waals surface area contributed by atoms with Gasteiger partial charge in [0, 0.05) is 18.5 Å². The zero-order chi connectivity index (χ0) is 12.1. The molecule has 1 aromatic rings. The molecule has 1 rings (SSSR count). The molecule has 0 aromatic heterocycles. The normalized spacial score (nSPS) is 12.6. The molecule has 1 aromatic carbocycles. The summed E-state index contributed by atoms with van der Waals surface area (Å²) in [5.41, 5.74) is 8.16. The molecule has 0 aliphatic carbocycles. The number of nitrogens with two attached hydrogens (primary N) is 1. The summed E-state index contributed by atoms with van der Waals surface area (Å²) in [5.74, 6) is 0.00371. The summed E-state index contributed by atoms with van der Waals surface area (Å²) in [6.07, 6.45) is 0.335. The highest BCUT2D eigenvalue weighted by atomic mass is 16.1. The van der Waals surface area contributed by atoms with Crippen LogP contribution < -0.4 is 11.1 Å². The first-order chi connectivity index (χ1) is 7.49. The number of rotatable bonds is 4. The second kappa shape index (κ2) is 5.66. The van der Waals surface area contributed by atoms with E-state index in [2.05, 4.69) is 5.32 Å². The van der Waals surface area contributed by atoms with E-state index in [-0.39, 0.29) is 18.0 Å². The topological polar surface area (TPSA) is 55.1 Å². The van der Waals surface area contributed by atoms with Crippen molar-refractivity contribution >= 4 is 5.91 Å². The lowest BCUT2D eigenvalue weighted by Gasteiger charge is -2.14. The van der Waals surface area contributed by atoms with Gasteiger partial charge in [-0.3, -0.25) is 4.79 Å². The lowest BCUT2D eigenvalue weighted by molar-refractivity contribution is -0.121. The van der Waals surface area contributed by atoms with E-state index in [4.69, 9.17) is 5.73 Å². The van der Waals surface area contributed by atoms with Crippen LogP contribution in [0.15, 0.2) is 24.3 Å². The van der Waals surface area contributed by atoms with Crippen LogP contribution in [0.25, 0.3) is 0 Å². The predicted octanol–water partition coefficient (Wildman–Crippen LogP) is 1.91. The van der Waals surface area contributed by atoms with E-state index >= 15 is 0 Å². The van der Waals surface area contributed by atoms with Crippen molar-refractivity contribution in [2.45, 2.75) is 39.3 Å². The minimum absolute atomic E-state index is 0.00371. The van der Waals surface area contributed by atoms with E-state index in [9.17, 15) is 4.79 Å². The molecule has 0 aliphatic rings. The van der Waals surface area contributed by atoms with Gasteiger partial charge in [0.2, 0.25) is 5.91 Å². The third kappa shape index (κ3) is 4.03. The van der Waals surface area contributed by atoms with Crippen LogP contribution in [0.3, 0.4) is 0 Å². The Bertz CT molecular complexity index is 361. The third-order valence-corrected chi connectivity index (χ3v) is 2.33. The number of nitrogens with one attached hydrogen (secondary N) is 1. The Hall–Kier alpha value is -1.35. The van der Waals surface area contributed by atoms with Gasteiger partial charge in [0.25, 0.3) is 0 Å². The summed E-state index contributed by atoms with van der Waals surface area (Å²) >= 11 is 0. The highest BCUT2D eigenvalue weighted by Gasteiger charge is 2.12. The molecule has 3 nitrogen and oxygen atoms in total. The fourth-order valence-corrected chi connectivity index (χ4v) is 1.60. The monoisotopic (exact) mass is 220 g/mol. The molecule has 1 amide bonds. The van der Waals surface area contributed by atoms with Gasteiger partial charge >= 0.3 is 0 Å². The molecule has 0 bridgehead atoms. The lowest BCUT2D eigenvalue weighted by Crippen LogP contribution is -2.32. The zero-order valence-corrected chi connectivity index (χ0v) is 10.2. The number of benzene rings is 1. The van der Waals surface area contributed by atoms with Gasteiger partial charge in [-0.1, -0.05) is 29.8 Å². The maximum absolute atomic E-state index is 11.5. The van der Waals surface area contributed by atoms with Crippen molar-refractivity contribution in [3.8, 4) is 0 Å². The lowest BCUT2D eigenvalue weighted by atomic mass is 10.0. The Kier molecular flexibility index (Phi) is 4.50. The van der Waals surface area contributed by atoms with Gasteiger partial charge in [0.05, 0.1) is 0 Å². The van der Waals surface area contributed by atoms with Crippen molar-refractivity contribution in [1.82, 2.24) is 5.32 Å². The van der Waals surface area contributed by atoms with Crippen LogP contribution in [0.2, 0.25) is 0 Å². The molecule has 0 saturated carbocycles. The molecular formula is C13H20N2O.